The highest BCUT2D eigenvalue weighted by Gasteiger charge is 2.35. The molecule has 2 aromatic heterocycles. The van der Waals surface area contributed by atoms with Crippen LogP contribution in [0.3, 0.4) is 0 Å². The lowest BCUT2D eigenvalue weighted by Crippen LogP contribution is -2.52. The molecule has 4 heterocycles. The van der Waals surface area contributed by atoms with Crippen LogP contribution < -0.4 is 4.90 Å². The number of nitrogens with zero attached hydrogens (tertiary/aromatic N) is 7. The molecule has 8 heteroatoms. The molecule has 0 unspecified atom stereocenters. The van der Waals surface area contributed by atoms with Crippen LogP contribution in [0.15, 0.2) is 18.7 Å². The Balaban J connectivity index is 1.48. The number of likely N-dealkylation sites (N-methyl/N-ethyl adjacent to an activating group) is 1. The zero-order valence-corrected chi connectivity index (χ0v) is 12.6. The number of aromatic nitrogens is 4. The Morgan fingerprint density at radius 2 is 1.95 bits per heavy atom. The molecule has 0 spiro atoms. The number of fused-ring (bicyclic) bond motifs is 1. The third-order valence-electron chi connectivity index (χ3n) is 4.65. The van der Waals surface area contributed by atoms with Crippen molar-refractivity contribution in [3.05, 3.63) is 18.7 Å². The van der Waals surface area contributed by atoms with Gasteiger partial charge in [0.25, 0.3) is 0 Å². The van der Waals surface area contributed by atoms with Gasteiger partial charge in [-0.25, -0.2) is 4.98 Å². The van der Waals surface area contributed by atoms with Crippen molar-refractivity contribution >= 4 is 17.4 Å². The second-order valence-electron chi connectivity index (χ2n) is 5.88. The van der Waals surface area contributed by atoms with Crippen LogP contribution in [0.2, 0.25) is 0 Å². The van der Waals surface area contributed by atoms with E-state index >= 15 is 0 Å². The van der Waals surface area contributed by atoms with E-state index in [4.69, 9.17) is 0 Å². The van der Waals surface area contributed by atoms with Gasteiger partial charge in [0.2, 0.25) is 5.91 Å². The van der Waals surface area contributed by atoms with E-state index in [0.29, 0.717) is 0 Å². The molecule has 2 aliphatic rings. The third-order valence-corrected chi connectivity index (χ3v) is 4.65. The Morgan fingerprint density at radius 3 is 2.68 bits per heavy atom. The van der Waals surface area contributed by atoms with Crippen LogP contribution >= 0.6 is 0 Å². The lowest BCUT2D eigenvalue weighted by molar-refractivity contribution is -0.131. The Hall–Kier alpha value is -2.22. The van der Waals surface area contributed by atoms with Gasteiger partial charge >= 0.3 is 0 Å². The lowest BCUT2D eigenvalue weighted by atomic mass is 10.2. The molecule has 2 fully saturated rings. The van der Waals surface area contributed by atoms with E-state index in [0.717, 1.165) is 50.6 Å². The molecule has 1 amide bonds. The zero-order chi connectivity index (χ0) is 15.1. The number of amides is 1. The topological polar surface area (TPSA) is 69.9 Å². The Morgan fingerprint density at radius 1 is 1.14 bits per heavy atom. The number of carbonyl (C=O) groups is 1. The quantitative estimate of drug-likeness (QED) is 0.743. The number of piperazine rings is 1. The second kappa shape index (κ2) is 5.20. The zero-order valence-electron chi connectivity index (χ0n) is 12.6. The first-order valence-electron chi connectivity index (χ1n) is 7.62. The van der Waals surface area contributed by atoms with Crippen molar-refractivity contribution in [3.63, 3.8) is 0 Å². The summed E-state index contributed by atoms with van der Waals surface area (Å²) in [5, 5.41) is 4.26. The molecule has 0 radical (unpaired) electrons. The van der Waals surface area contributed by atoms with Gasteiger partial charge in [0.15, 0.2) is 11.5 Å². The monoisotopic (exact) mass is 301 g/mol. The summed E-state index contributed by atoms with van der Waals surface area (Å²) in [6, 6.07) is 0.0624. The van der Waals surface area contributed by atoms with Crippen LogP contribution in [-0.4, -0.2) is 81.1 Å². The minimum atomic E-state index is 0.0624. The van der Waals surface area contributed by atoms with Crippen molar-refractivity contribution in [2.24, 2.45) is 0 Å². The summed E-state index contributed by atoms with van der Waals surface area (Å²) in [6.45, 7) is 4.37. The van der Waals surface area contributed by atoms with E-state index in [9.17, 15) is 4.79 Å². The number of anilines is 1. The van der Waals surface area contributed by atoms with Gasteiger partial charge in [-0.2, -0.15) is 9.61 Å². The van der Waals surface area contributed by atoms with E-state index in [1.165, 1.54) is 0 Å². The van der Waals surface area contributed by atoms with Crippen molar-refractivity contribution in [1.82, 2.24) is 29.4 Å². The van der Waals surface area contributed by atoms with Gasteiger partial charge in [-0.1, -0.05) is 0 Å². The number of carbonyl (C=O) groups excluding carboxylic acids is 1. The molecule has 0 bridgehead atoms. The summed E-state index contributed by atoms with van der Waals surface area (Å²) in [4.78, 5) is 26.9. The van der Waals surface area contributed by atoms with Crippen molar-refractivity contribution in [3.8, 4) is 0 Å². The highest BCUT2D eigenvalue weighted by molar-refractivity contribution is 5.83. The molecule has 0 saturated carbocycles. The molecule has 0 aliphatic carbocycles. The average molecular weight is 301 g/mol. The van der Waals surface area contributed by atoms with E-state index < -0.39 is 0 Å². The predicted octanol–water partition coefficient (Wildman–Crippen LogP) is -0.523. The number of rotatable bonds is 2. The van der Waals surface area contributed by atoms with Crippen LogP contribution in [-0.2, 0) is 4.79 Å². The maximum absolute atomic E-state index is 12.1. The van der Waals surface area contributed by atoms with Crippen molar-refractivity contribution in [2.45, 2.75) is 12.5 Å². The van der Waals surface area contributed by atoms with Gasteiger partial charge in [0, 0.05) is 39.8 Å². The predicted molar refractivity (Wildman–Crippen MR) is 80.6 cm³/mol. The first-order valence-corrected chi connectivity index (χ1v) is 7.62. The highest BCUT2D eigenvalue weighted by atomic mass is 16.2. The Kier molecular flexibility index (Phi) is 3.18. The summed E-state index contributed by atoms with van der Waals surface area (Å²) >= 11 is 0. The van der Waals surface area contributed by atoms with Crippen LogP contribution in [0.5, 0.6) is 0 Å². The van der Waals surface area contributed by atoms with E-state index in [1.54, 1.807) is 12.5 Å². The first kappa shape index (κ1) is 13.4. The largest absolute Gasteiger partial charge is 0.353 e. The standard InChI is InChI=1S/C14H19N7O/c1-18-3-2-11(14(18)22)19-4-6-20(7-5-19)13-9-15-8-12-16-10-17-21(12)13/h8-11H,2-7H2,1H3/t11-/m0/s1. The van der Waals surface area contributed by atoms with E-state index in [-0.39, 0.29) is 11.9 Å². The van der Waals surface area contributed by atoms with Crippen molar-refractivity contribution in [1.29, 1.82) is 0 Å². The van der Waals surface area contributed by atoms with Crippen LogP contribution in [0, 0.1) is 0 Å². The maximum Gasteiger partial charge on any atom is 0.239 e. The number of hydrogen-bond donors (Lipinski definition) is 0. The van der Waals surface area contributed by atoms with Gasteiger partial charge in [-0.05, 0) is 6.42 Å². The van der Waals surface area contributed by atoms with Gasteiger partial charge < -0.3 is 9.80 Å². The minimum absolute atomic E-state index is 0.0624. The fourth-order valence-electron chi connectivity index (χ4n) is 3.36. The van der Waals surface area contributed by atoms with Crippen LogP contribution in [0.1, 0.15) is 6.42 Å². The lowest BCUT2D eigenvalue weighted by Gasteiger charge is -2.37. The first-order chi connectivity index (χ1) is 10.7. The molecule has 2 saturated heterocycles. The van der Waals surface area contributed by atoms with Gasteiger partial charge in [0.05, 0.1) is 18.4 Å². The summed E-state index contributed by atoms with van der Waals surface area (Å²) in [7, 11) is 1.88. The maximum atomic E-state index is 12.1. The number of hydrogen-bond acceptors (Lipinski definition) is 6. The summed E-state index contributed by atoms with van der Waals surface area (Å²) in [5.74, 6) is 1.22. The number of likely N-dealkylation sites (tertiary alicyclic amines) is 1. The molecule has 0 aromatic carbocycles. The molecule has 22 heavy (non-hydrogen) atoms. The second-order valence-corrected chi connectivity index (χ2v) is 5.88. The fraction of sp³-hybridized carbons (Fsp3) is 0.571. The summed E-state index contributed by atoms with van der Waals surface area (Å²) in [5.41, 5.74) is 0.757. The minimum Gasteiger partial charge on any atom is -0.353 e. The summed E-state index contributed by atoms with van der Waals surface area (Å²) in [6.07, 6.45) is 6.02. The molecular formula is C14H19N7O. The molecule has 4 rings (SSSR count). The third kappa shape index (κ3) is 2.10. The SMILES string of the molecule is CN1CC[C@H](N2CCN(c3cncc4ncnn34)CC2)C1=O. The molecule has 0 N–H and O–H groups in total. The molecule has 2 aliphatic heterocycles. The Labute approximate surface area is 128 Å². The normalized spacial score (nSPS) is 23.7. The molecular weight excluding hydrogens is 282 g/mol. The molecule has 1 atom stereocenters. The van der Waals surface area contributed by atoms with E-state index in [1.807, 2.05) is 22.7 Å². The van der Waals surface area contributed by atoms with Crippen molar-refractivity contribution in [2.75, 3.05) is 44.7 Å². The molecule has 2 aromatic rings. The van der Waals surface area contributed by atoms with E-state index in [2.05, 4.69) is 24.9 Å². The fourth-order valence-corrected chi connectivity index (χ4v) is 3.36. The van der Waals surface area contributed by atoms with Gasteiger partial charge in [-0.15, -0.1) is 0 Å². The Bertz CT molecular complexity index is 691. The highest BCUT2D eigenvalue weighted by Crippen LogP contribution is 2.20. The summed E-state index contributed by atoms with van der Waals surface area (Å²) < 4.78 is 1.82. The smallest absolute Gasteiger partial charge is 0.239 e. The average Bonchev–Trinajstić information content (AvgIpc) is 3.15. The van der Waals surface area contributed by atoms with Crippen LogP contribution in [0.25, 0.3) is 5.65 Å². The molecule has 8 nitrogen and oxygen atoms in total. The van der Waals surface area contributed by atoms with Crippen molar-refractivity contribution < 1.29 is 4.79 Å². The van der Waals surface area contributed by atoms with Gasteiger partial charge in [0.1, 0.15) is 6.33 Å². The van der Waals surface area contributed by atoms with Gasteiger partial charge in [-0.3, -0.25) is 14.7 Å². The van der Waals surface area contributed by atoms with Crippen LogP contribution in [0.4, 0.5) is 5.82 Å². The molecule has 116 valence electrons.